The molecule has 0 bridgehead atoms. The minimum Gasteiger partial charge on any atom is -0.331 e. The normalized spacial score (nSPS) is 15.3. The van der Waals surface area contributed by atoms with Crippen LogP contribution in [0.25, 0.3) is 0 Å². The van der Waals surface area contributed by atoms with Gasteiger partial charge in [0.1, 0.15) is 0 Å². The van der Waals surface area contributed by atoms with Gasteiger partial charge in [-0.2, -0.15) is 0 Å². The van der Waals surface area contributed by atoms with Crippen LogP contribution in [-0.4, -0.2) is 37.1 Å². The third kappa shape index (κ3) is 3.22. The van der Waals surface area contributed by atoms with Crippen molar-refractivity contribution in [3.05, 3.63) is 0 Å². The van der Waals surface area contributed by atoms with Crippen molar-refractivity contribution in [2.24, 2.45) is 11.7 Å². The molecule has 1 unspecified atom stereocenters. The lowest BCUT2D eigenvalue weighted by molar-refractivity contribution is 0.191. The molecule has 3 N–H and O–H groups in total. The maximum atomic E-state index is 11.4. The fourth-order valence-corrected chi connectivity index (χ4v) is 0.787. The van der Waals surface area contributed by atoms with E-state index in [-0.39, 0.29) is 11.6 Å². The van der Waals surface area contributed by atoms with Gasteiger partial charge in [0, 0.05) is 20.6 Å². The lowest BCUT2D eigenvalue weighted by atomic mass is 9.89. The van der Waals surface area contributed by atoms with Crippen LogP contribution in [0.5, 0.6) is 0 Å². The quantitative estimate of drug-likeness (QED) is 0.681. The van der Waals surface area contributed by atoms with Crippen LogP contribution in [0, 0.1) is 5.92 Å². The highest BCUT2D eigenvalue weighted by molar-refractivity contribution is 5.74. The van der Waals surface area contributed by atoms with Crippen molar-refractivity contribution in [3.8, 4) is 0 Å². The second-order valence-electron chi connectivity index (χ2n) is 4.10. The van der Waals surface area contributed by atoms with Gasteiger partial charge in [-0.25, -0.2) is 4.79 Å². The van der Waals surface area contributed by atoms with Gasteiger partial charge >= 0.3 is 6.03 Å². The highest BCUT2D eigenvalue weighted by Gasteiger charge is 2.28. The Balaban J connectivity index is 4.36. The van der Waals surface area contributed by atoms with Gasteiger partial charge < -0.3 is 16.0 Å². The molecule has 0 radical (unpaired) electrons. The van der Waals surface area contributed by atoms with Crippen molar-refractivity contribution in [3.63, 3.8) is 0 Å². The van der Waals surface area contributed by atoms with E-state index < -0.39 is 0 Å². The van der Waals surface area contributed by atoms with E-state index in [4.69, 9.17) is 5.73 Å². The predicted octanol–water partition coefficient (Wildman–Crippen LogP) is 0.631. The molecule has 0 aliphatic rings. The molecule has 0 aliphatic carbocycles. The number of hydrogen-bond donors (Lipinski definition) is 2. The molecule has 0 heterocycles. The molecule has 0 saturated carbocycles. The monoisotopic (exact) mass is 187 g/mol. The Morgan fingerprint density at radius 1 is 1.54 bits per heavy atom. The van der Waals surface area contributed by atoms with Crippen LogP contribution in [0.3, 0.4) is 0 Å². The largest absolute Gasteiger partial charge is 0.331 e. The molecule has 0 aromatic rings. The zero-order valence-electron chi connectivity index (χ0n) is 9.22. The van der Waals surface area contributed by atoms with Crippen molar-refractivity contribution in [2.45, 2.75) is 26.3 Å². The van der Waals surface area contributed by atoms with E-state index in [2.05, 4.69) is 5.32 Å². The number of carbonyl (C=O) groups is 1. The maximum absolute atomic E-state index is 11.4. The van der Waals surface area contributed by atoms with Crippen LogP contribution >= 0.6 is 0 Å². The van der Waals surface area contributed by atoms with Gasteiger partial charge in [-0.05, 0) is 12.8 Å². The van der Waals surface area contributed by atoms with Gasteiger partial charge in [-0.1, -0.05) is 13.8 Å². The summed E-state index contributed by atoms with van der Waals surface area (Å²) in [6.45, 7) is 6.49. The van der Waals surface area contributed by atoms with Gasteiger partial charge in [-0.15, -0.1) is 0 Å². The van der Waals surface area contributed by atoms with E-state index in [1.807, 2.05) is 20.8 Å². The number of carbonyl (C=O) groups excluding carboxylic acids is 1. The molecular formula is C9H21N3O. The SMILES string of the molecule is CC(C)C(C)(CN)NC(=O)N(C)C. The van der Waals surface area contributed by atoms with Crippen LogP contribution in [0.4, 0.5) is 4.79 Å². The summed E-state index contributed by atoms with van der Waals surface area (Å²) in [5.41, 5.74) is 5.31. The molecule has 0 aromatic carbocycles. The third-order valence-corrected chi connectivity index (χ3v) is 2.50. The fourth-order valence-electron chi connectivity index (χ4n) is 0.787. The van der Waals surface area contributed by atoms with Crippen LogP contribution in [-0.2, 0) is 0 Å². The maximum Gasteiger partial charge on any atom is 0.317 e. The fraction of sp³-hybridized carbons (Fsp3) is 0.889. The van der Waals surface area contributed by atoms with Crippen molar-refractivity contribution in [2.75, 3.05) is 20.6 Å². The van der Waals surface area contributed by atoms with E-state index in [1.54, 1.807) is 14.1 Å². The molecule has 2 amide bonds. The molecule has 78 valence electrons. The molecule has 4 heteroatoms. The van der Waals surface area contributed by atoms with Crippen molar-refractivity contribution in [1.29, 1.82) is 0 Å². The van der Waals surface area contributed by atoms with Crippen LogP contribution in [0.2, 0.25) is 0 Å². The molecule has 0 saturated heterocycles. The van der Waals surface area contributed by atoms with E-state index in [0.29, 0.717) is 12.5 Å². The zero-order chi connectivity index (χ0) is 10.6. The molecule has 0 aromatic heterocycles. The first-order valence-corrected chi connectivity index (χ1v) is 4.53. The van der Waals surface area contributed by atoms with Crippen LogP contribution < -0.4 is 11.1 Å². The Morgan fingerprint density at radius 2 is 2.00 bits per heavy atom. The summed E-state index contributed by atoms with van der Waals surface area (Å²) in [4.78, 5) is 12.9. The second kappa shape index (κ2) is 4.46. The summed E-state index contributed by atoms with van der Waals surface area (Å²) in [6.07, 6.45) is 0. The second-order valence-corrected chi connectivity index (χ2v) is 4.10. The zero-order valence-corrected chi connectivity index (χ0v) is 9.22. The topological polar surface area (TPSA) is 58.4 Å². The van der Waals surface area contributed by atoms with Crippen LogP contribution in [0.15, 0.2) is 0 Å². The molecule has 0 fully saturated rings. The Kier molecular flexibility index (Phi) is 4.20. The van der Waals surface area contributed by atoms with Crippen molar-refractivity contribution < 1.29 is 4.79 Å². The highest BCUT2D eigenvalue weighted by atomic mass is 16.2. The molecule has 0 spiro atoms. The van der Waals surface area contributed by atoms with Gasteiger partial charge in [-0.3, -0.25) is 0 Å². The summed E-state index contributed by atoms with van der Waals surface area (Å²) in [7, 11) is 3.43. The van der Waals surface area contributed by atoms with E-state index in [1.165, 1.54) is 4.90 Å². The molecule has 0 rings (SSSR count). The molecular weight excluding hydrogens is 166 g/mol. The van der Waals surface area contributed by atoms with Gasteiger partial charge in [0.2, 0.25) is 0 Å². The average Bonchev–Trinajstić information content (AvgIpc) is 2.03. The lowest BCUT2D eigenvalue weighted by Crippen LogP contribution is -2.57. The Labute approximate surface area is 80.5 Å². The van der Waals surface area contributed by atoms with Crippen molar-refractivity contribution >= 4 is 6.03 Å². The number of urea groups is 1. The summed E-state index contributed by atoms with van der Waals surface area (Å²) >= 11 is 0. The third-order valence-electron chi connectivity index (χ3n) is 2.50. The summed E-state index contributed by atoms with van der Waals surface area (Å²) in [5, 5.41) is 2.90. The summed E-state index contributed by atoms with van der Waals surface area (Å²) in [5.74, 6) is 0.321. The smallest absolute Gasteiger partial charge is 0.317 e. The van der Waals surface area contributed by atoms with Gasteiger partial charge in [0.05, 0.1) is 5.54 Å². The summed E-state index contributed by atoms with van der Waals surface area (Å²) in [6, 6.07) is -0.0957. The number of amides is 2. The number of nitrogens with two attached hydrogens (primary N) is 1. The molecule has 13 heavy (non-hydrogen) atoms. The molecule has 4 nitrogen and oxygen atoms in total. The first-order valence-electron chi connectivity index (χ1n) is 4.53. The van der Waals surface area contributed by atoms with Crippen molar-refractivity contribution in [1.82, 2.24) is 10.2 Å². The number of nitrogens with zero attached hydrogens (tertiary/aromatic N) is 1. The van der Waals surface area contributed by atoms with E-state index in [9.17, 15) is 4.79 Å². The molecule has 1 atom stereocenters. The minimum absolute atomic E-state index is 0.0957. The highest BCUT2D eigenvalue weighted by Crippen LogP contribution is 2.14. The predicted molar refractivity (Wildman–Crippen MR) is 54.5 cm³/mol. The number of rotatable bonds is 3. The van der Waals surface area contributed by atoms with Crippen LogP contribution in [0.1, 0.15) is 20.8 Å². The first-order chi connectivity index (χ1) is 5.83. The summed E-state index contributed by atoms with van der Waals surface area (Å²) < 4.78 is 0. The average molecular weight is 187 g/mol. The Bertz CT molecular complexity index is 180. The lowest BCUT2D eigenvalue weighted by Gasteiger charge is -2.34. The minimum atomic E-state index is -0.318. The first kappa shape index (κ1) is 12.2. The number of nitrogens with one attached hydrogen (secondary N) is 1. The van der Waals surface area contributed by atoms with Gasteiger partial charge in [0.15, 0.2) is 0 Å². The Morgan fingerprint density at radius 3 is 2.23 bits per heavy atom. The number of hydrogen-bond acceptors (Lipinski definition) is 2. The van der Waals surface area contributed by atoms with Gasteiger partial charge in [0.25, 0.3) is 0 Å². The van der Waals surface area contributed by atoms with E-state index in [0.717, 1.165) is 0 Å². The Hall–Kier alpha value is -0.770. The molecule has 0 aliphatic heterocycles. The standard InChI is InChI=1S/C9H21N3O/c1-7(2)9(3,6-10)11-8(13)12(4)5/h7H,6,10H2,1-5H3,(H,11,13). The van der Waals surface area contributed by atoms with E-state index >= 15 is 0 Å².